The summed E-state index contributed by atoms with van der Waals surface area (Å²) >= 11 is -0.00429. The zero-order chi connectivity index (χ0) is 25.8. The normalized spacial score (nSPS) is 23.3. The van der Waals surface area contributed by atoms with Crippen LogP contribution in [-0.4, -0.2) is 82.8 Å². The van der Waals surface area contributed by atoms with Crippen LogP contribution in [0, 0.1) is 10.7 Å². The van der Waals surface area contributed by atoms with Crippen LogP contribution in [0.25, 0.3) is 0 Å². The number of carbonyl (C=O) groups excluding carboxylic acids is 4. The molecule has 1 aliphatic rings. The fourth-order valence-electron chi connectivity index (χ4n) is 3.18. The Hall–Kier alpha value is -2.90. The van der Waals surface area contributed by atoms with Gasteiger partial charge in [-0.25, -0.2) is 0 Å². The average molecular weight is 555 g/mol. The molecule has 1 aromatic rings. The first kappa shape index (κ1) is 28.3. The summed E-state index contributed by atoms with van der Waals surface area (Å²) in [6.07, 6.45) is -5.59. The van der Waals surface area contributed by atoms with E-state index in [2.05, 4.69) is 10.7 Å². The van der Waals surface area contributed by atoms with Gasteiger partial charge < -0.3 is 0 Å². The van der Waals surface area contributed by atoms with Gasteiger partial charge in [0.2, 0.25) is 0 Å². The third-order valence-electron chi connectivity index (χ3n) is 4.44. The maximum absolute atomic E-state index is 11.8. The van der Waals surface area contributed by atoms with Gasteiger partial charge >= 0.3 is 210 Å². The summed E-state index contributed by atoms with van der Waals surface area (Å²) in [4.78, 5) is 49.8. The fraction of sp³-hybridized carbons (Fsp3) is 0.500. The Morgan fingerprint density at radius 3 is 2.06 bits per heavy atom. The first-order valence-electron chi connectivity index (χ1n) is 10.8. The number of hydrogen-bond acceptors (Lipinski definition) is 10. The molecule has 0 unspecified atom stereocenters. The van der Waals surface area contributed by atoms with Gasteiger partial charge in [-0.1, -0.05) is 0 Å². The molecule has 5 atom stereocenters. The van der Waals surface area contributed by atoms with E-state index in [0.29, 0.717) is 6.42 Å². The molecule has 0 amide bonds. The zero-order valence-electron chi connectivity index (χ0n) is 19.9. The van der Waals surface area contributed by atoms with E-state index >= 15 is 0 Å². The van der Waals surface area contributed by atoms with E-state index in [0.717, 1.165) is 18.3 Å². The van der Waals surface area contributed by atoms with Crippen molar-refractivity contribution in [1.82, 2.24) is 0 Å². The molecule has 0 bridgehead atoms. The van der Waals surface area contributed by atoms with Gasteiger partial charge in [0.25, 0.3) is 0 Å². The summed E-state index contributed by atoms with van der Waals surface area (Å²) in [5, 5.41) is 0. The van der Waals surface area contributed by atoms with Crippen LogP contribution in [0.1, 0.15) is 34.1 Å². The minimum absolute atomic E-state index is 0.00429. The predicted molar refractivity (Wildman–Crippen MR) is 122 cm³/mol. The van der Waals surface area contributed by atoms with Crippen molar-refractivity contribution in [2.45, 2.75) is 64.8 Å². The van der Waals surface area contributed by atoms with Gasteiger partial charge in [0.15, 0.2) is 0 Å². The van der Waals surface area contributed by atoms with Gasteiger partial charge in [-0.2, -0.15) is 0 Å². The van der Waals surface area contributed by atoms with Gasteiger partial charge in [0.05, 0.1) is 0 Å². The molecule has 2 rings (SSSR count). The average Bonchev–Trinajstić information content (AvgIpc) is 2.78. The molecule has 0 saturated carbocycles. The molecule has 0 aromatic heterocycles. The predicted octanol–water partition coefficient (Wildman–Crippen LogP) is 0.467. The Labute approximate surface area is 210 Å². The van der Waals surface area contributed by atoms with E-state index in [1.54, 1.807) is 0 Å². The number of hydrogen-bond donors (Lipinski definition) is 0. The summed E-state index contributed by atoms with van der Waals surface area (Å²) in [5.74, 6) is 0.352. The van der Waals surface area contributed by atoms with Crippen molar-refractivity contribution in [2.24, 2.45) is 0 Å². The van der Waals surface area contributed by atoms with Crippen molar-refractivity contribution >= 4 is 43.3 Å². The second-order valence-electron chi connectivity index (χ2n) is 7.38. The van der Waals surface area contributed by atoms with Crippen molar-refractivity contribution in [3.8, 4) is 10.7 Å². The summed E-state index contributed by atoms with van der Waals surface area (Å²) in [7, 11) is 0. The summed E-state index contributed by atoms with van der Waals surface area (Å²) in [6.45, 7) is 4.50. The zero-order valence-corrected chi connectivity index (χ0v) is 21.6. The molecule has 1 fully saturated rings. The molecule has 0 spiro atoms. The molecule has 1 saturated heterocycles. The van der Waals surface area contributed by atoms with Crippen molar-refractivity contribution in [3.63, 3.8) is 0 Å². The molecule has 190 valence electrons. The van der Waals surface area contributed by atoms with Gasteiger partial charge in [-0.05, 0) is 0 Å². The molecule has 1 aromatic carbocycles. The molecule has 0 N–H and O–H groups in total. The topological polar surface area (TPSA) is 124 Å². The van der Waals surface area contributed by atoms with Crippen molar-refractivity contribution in [3.05, 3.63) is 30.3 Å². The summed E-state index contributed by atoms with van der Waals surface area (Å²) < 4.78 is 33.8. The molecule has 1 heterocycles. The maximum atomic E-state index is 11.8. The molecule has 11 heteroatoms. The Morgan fingerprint density at radius 2 is 1.46 bits per heavy atom. The van der Waals surface area contributed by atoms with Crippen LogP contribution < -0.4 is 4.46 Å². The van der Waals surface area contributed by atoms with E-state index in [1.165, 1.54) is 13.8 Å². The SMILES string of the molecule is CC(=O)OC[C@H]1O[C@@H](OCCC#C[Se]c2ccccc2)[C@H](OC(C)=O)[C@@H](OC(C)=O)[C@@H]1OC(C)=O. The number of rotatable bonds is 9. The van der Waals surface area contributed by atoms with E-state index < -0.39 is 54.6 Å². The fourth-order valence-corrected chi connectivity index (χ4v) is 4.41. The van der Waals surface area contributed by atoms with Crippen molar-refractivity contribution in [1.29, 1.82) is 0 Å². The van der Waals surface area contributed by atoms with Crippen LogP contribution in [0.3, 0.4) is 0 Å². The van der Waals surface area contributed by atoms with Crippen molar-refractivity contribution in [2.75, 3.05) is 13.2 Å². The number of esters is 4. The molecule has 0 radical (unpaired) electrons. The number of carbonyl (C=O) groups is 4. The second-order valence-corrected chi connectivity index (χ2v) is 9.23. The Kier molecular flexibility index (Phi) is 11.7. The first-order chi connectivity index (χ1) is 16.7. The molecule has 1 aliphatic heterocycles. The number of ether oxygens (including phenoxy) is 6. The van der Waals surface area contributed by atoms with Crippen LogP contribution in [-0.2, 0) is 47.6 Å². The third-order valence-corrected chi connectivity index (χ3v) is 6.02. The third kappa shape index (κ3) is 10.1. The van der Waals surface area contributed by atoms with Crippen LogP contribution in [0.5, 0.6) is 0 Å². The molecule has 10 nitrogen and oxygen atoms in total. The van der Waals surface area contributed by atoms with E-state index in [9.17, 15) is 19.2 Å². The quantitative estimate of drug-likeness (QED) is 0.140. The van der Waals surface area contributed by atoms with Gasteiger partial charge in [0.1, 0.15) is 0 Å². The molecule has 35 heavy (non-hydrogen) atoms. The van der Waals surface area contributed by atoms with Gasteiger partial charge in [-0.15, -0.1) is 0 Å². The molecular formula is C24H28O10Se. The van der Waals surface area contributed by atoms with E-state index in [-0.39, 0.29) is 28.2 Å². The van der Waals surface area contributed by atoms with E-state index in [1.807, 2.05) is 30.3 Å². The van der Waals surface area contributed by atoms with Crippen LogP contribution in [0.15, 0.2) is 30.3 Å². The minimum atomic E-state index is -1.26. The Morgan fingerprint density at radius 1 is 0.857 bits per heavy atom. The Balaban J connectivity index is 2.16. The summed E-state index contributed by atoms with van der Waals surface area (Å²) in [5.41, 5.74) is 0. The van der Waals surface area contributed by atoms with Crippen LogP contribution >= 0.6 is 0 Å². The van der Waals surface area contributed by atoms with Gasteiger partial charge in [0, 0.05) is 0 Å². The summed E-state index contributed by atoms with van der Waals surface area (Å²) in [6, 6.07) is 9.85. The van der Waals surface area contributed by atoms with Crippen LogP contribution in [0.4, 0.5) is 0 Å². The van der Waals surface area contributed by atoms with Gasteiger partial charge in [-0.3, -0.25) is 0 Å². The molecule has 0 aliphatic carbocycles. The standard InChI is InChI=1S/C24H28O10Se/c1-15(25)30-14-20-21(31-16(2)26)22(32-17(3)27)23(33-18(4)28)24(34-20)29-12-8-9-13-35-19-10-6-5-7-11-19/h5-7,10-11,20-24H,8,12,14H2,1-4H3/t20-,21-,22+,23-,24-/m1/s1. The second kappa shape index (κ2) is 14.5. The molecular weight excluding hydrogens is 527 g/mol. The Bertz CT molecular complexity index is 939. The monoisotopic (exact) mass is 556 g/mol. The first-order valence-corrected chi connectivity index (χ1v) is 12.5. The van der Waals surface area contributed by atoms with E-state index in [4.69, 9.17) is 28.4 Å². The van der Waals surface area contributed by atoms with Crippen molar-refractivity contribution < 1.29 is 47.6 Å². The van der Waals surface area contributed by atoms with Crippen LogP contribution in [0.2, 0.25) is 0 Å². The number of benzene rings is 1.